The van der Waals surface area contributed by atoms with Crippen LogP contribution in [0.1, 0.15) is 55.3 Å². The number of nitrogens with zero attached hydrogens (tertiary/aromatic N) is 2. The summed E-state index contributed by atoms with van der Waals surface area (Å²) < 4.78 is 0. The van der Waals surface area contributed by atoms with Crippen molar-refractivity contribution in [1.82, 2.24) is 4.90 Å². The molecule has 2 aliphatic carbocycles. The molecule has 1 aromatic rings. The molecule has 27 heavy (non-hydrogen) atoms. The zero-order chi connectivity index (χ0) is 18.5. The van der Waals surface area contributed by atoms with Crippen molar-refractivity contribution in [2.75, 3.05) is 18.0 Å². The Labute approximate surface area is 159 Å². The molecule has 0 radical (unpaired) electrons. The fraction of sp³-hybridized carbons (Fsp3) is 0.591. The quantitative estimate of drug-likeness (QED) is 0.755. The molecule has 142 valence electrons. The van der Waals surface area contributed by atoms with Crippen LogP contribution >= 0.6 is 0 Å². The molecule has 0 N–H and O–H groups in total. The van der Waals surface area contributed by atoms with Gasteiger partial charge in [-0.1, -0.05) is 12.8 Å². The van der Waals surface area contributed by atoms with E-state index in [0.29, 0.717) is 23.1 Å². The van der Waals surface area contributed by atoms with Crippen molar-refractivity contribution < 1.29 is 14.4 Å². The molecule has 4 atom stereocenters. The van der Waals surface area contributed by atoms with Crippen LogP contribution in [0.3, 0.4) is 0 Å². The lowest BCUT2D eigenvalue weighted by atomic mass is 9.81. The van der Waals surface area contributed by atoms with Gasteiger partial charge in [0.1, 0.15) is 0 Å². The average Bonchev–Trinajstić information content (AvgIpc) is 3.28. The highest BCUT2D eigenvalue weighted by molar-refractivity contribution is 6.22. The Morgan fingerprint density at radius 3 is 1.93 bits per heavy atom. The maximum Gasteiger partial charge on any atom is 0.253 e. The summed E-state index contributed by atoms with van der Waals surface area (Å²) in [4.78, 5) is 41.9. The largest absolute Gasteiger partial charge is 0.339 e. The number of carbonyl (C=O) groups is 3. The summed E-state index contributed by atoms with van der Waals surface area (Å²) in [5.41, 5.74) is 1.26. The number of hydrogen-bond acceptors (Lipinski definition) is 3. The van der Waals surface area contributed by atoms with Gasteiger partial charge in [0, 0.05) is 18.7 Å². The van der Waals surface area contributed by atoms with Gasteiger partial charge >= 0.3 is 0 Å². The Morgan fingerprint density at radius 1 is 0.815 bits per heavy atom. The highest BCUT2D eigenvalue weighted by Crippen LogP contribution is 2.56. The van der Waals surface area contributed by atoms with E-state index in [4.69, 9.17) is 0 Å². The SMILES string of the molecule is O=C(c1ccc(N2C(=O)[C@@H]3[C@H]4CC[C@@H](C4)[C@H]3C2=O)cc1)N1CCCCCC1. The first-order valence-corrected chi connectivity index (χ1v) is 10.4. The van der Waals surface area contributed by atoms with Crippen LogP contribution in [0.4, 0.5) is 5.69 Å². The molecule has 5 heteroatoms. The summed E-state index contributed by atoms with van der Waals surface area (Å²) in [6, 6.07) is 7.07. The third kappa shape index (κ3) is 2.62. The number of fused-ring (bicyclic) bond motifs is 5. The molecule has 2 heterocycles. The molecule has 0 aromatic heterocycles. The number of likely N-dealkylation sites (tertiary alicyclic amines) is 1. The standard InChI is InChI=1S/C22H26N2O3/c25-20(23-11-3-1-2-4-12-23)14-7-9-17(10-8-14)24-21(26)18-15-5-6-16(13-15)19(18)22(24)27/h7-10,15-16,18-19H,1-6,11-13H2/t15-,16-,18+,19+/m0/s1. The maximum absolute atomic E-state index is 12.9. The summed E-state index contributed by atoms with van der Waals surface area (Å²) in [5.74, 6) is 0.588. The summed E-state index contributed by atoms with van der Waals surface area (Å²) in [6.07, 6.45) is 7.71. The summed E-state index contributed by atoms with van der Waals surface area (Å²) in [5, 5.41) is 0. The first-order valence-electron chi connectivity index (χ1n) is 10.4. The molecule has 1 aromatic carbocycles. The predicted octanol–water partition coefficient (Wildman–Crippen LogP) is 3.24. The van der Waals surface area contributed by atoms with Crippen molar-refractivity contribution in [3.63, 3.8) is 0 Å². The molecule has 2 saturated carbocycles. The molecular weight excluding hydrogens is 340 g/mol. The number of rotatable bonds is 2. The van der Waals surface area contributed by atoms with Gasteiger partial charge in [-0.15, -0.1) is 0 Å². The highest BCUT2D eigenvalue weighted by atomic mass is 16.2. The molecule has 5 rings (SSSR count). The number of hydrogen-bond donors (Lipinski definition) is 0. The first kappa shape index (κ1) is 17.0. The molecule has 2 saturated heterocycles. The first-order chi connectivity index (χ1) is 13.1. The highest BCUT2D eigenvalue weighted by Gasteiger charge is 2.61. The van der Waals surface area contributed by atoms with Crippen LogP contribution in [0.2, 0.25) is 0 Å². The smallest absolute Gasteiger partial charge is 0.253 e. The van der Waals surface area contributed by atoms with Crippen molar-refractivity contribution in [2.45, 2.75) is 44.9 Å². The van der Waals surface area contributed by atoms with Gasteiger partial charge in [-0.05, 0) is 68.2 Å². The second-order valence-electron chi connectivity index (χ2n) is 8.65. The van der Waals surface area contributed by atoms with Gasteiger partial charge in [-0.2, -0.15) is 0 Å². The lowest BCUT2D eigenvalue weighted by Gasteiger charge is -2.21. The van der Waals surface area contributed by atoms with Crippen LogP contribution < -0.4 is 4.90 Å². The molecule has 2 bridgehead atoms. The van der Waals surface area contributed by atoms with Crippen molar-refractivity contribution in [3.05, 3.63) is 29.8 Å². The Balaban J connectivity index is 1.35. The van der Waals surface area contributed by atoms with Gasteiger partial charge < -0.3 is 4.90 Å². The topological polar surface area (TPSA) is 57.7 Å². The monoisotopic (exact) mass is 366 g/mol. The van der Waals surface area contributed by atoms with Crippen LogP contribution in [0.5, 0.6) is 0 Å². The van der Waals surface area contributed by atoms with E-state index in [9.17, 15) is 14.4 Å². The van der Waals surface area contributed by atoms with E-state index in [1.165, 1.54) is 17.7 Å². The van der Waals surface area contributed by atoms with E-state index < -0.39 is 0 Å². The Kier molecular flexibility index (Phi) is 4.06. The van der Waals surface area contributed by atoms with Gasteiger partial charge in [0.05, 0.1) is 17.5 Å². The maximum atomic E-state index is 12.9. The van der Waals surface area contributed by atoms with Crippen LogP contribution in [-0.4, -0.2) is 35.7 Å². The van der Waals surface area contributed by atoms with Crippen molar-refractivity contribution in [1.29, 1.82) is 0 Å². The minimum atomic E-state index is -0.102. The van der Waals surface area contributed by atoms with Crippen molar-refractivity contribution in [3.8, 4) is 0 Å². The third-order valence-corrected chi connectivity index (χ3v) is 7.19. The third-order valence-electron chi connectivity index (χ3n) is 7.19. The van der Waals surface area contributed by atoms with Crippen LogP contribution in [-0.2, 0) is 9.59 Å². The Morgan fingerprint density at radius 2 is 1.37 bits per heavy atom. The molecule has 0 unspecified atom stereocenters. The van der Waals surface area contributed by atoms with E-state index in [2.05, 4.69) is 0 Å². The van der Waals surface area contributed by atoms with E-state index >= 15 is 0 Å². The molecule has 4 aliphatic rings. The van der Waals surface area contributed by atoms with E-state index in [-0.39, 0.29) is 29.6 Å². The zero-order valence-corrected chi connectivity index (χ0v) is 15.6. The minimum absolute atomic E-state index is 0.0243. The molecule has 3 amide bonds. The number of amides is 3. The fourth-order valence-electron chi connectivity index (χ4n) is 5.87. The van der Waals surface area contributed by atoms with Gasteiger partial charge in [-0.25, -0.2) is 0 Å². The minimum Gasteiger partial charge on any atom is -0.339 e. The summed E-state index contributed by atoms with van der Waals surface area (Å²) in [6.45, 7) is 1.63. The lowest BCUT2D eigenvalue weighted by molar-refractivity contribution is -0.123. The number of carbonyl (C=O) groups excluding carboxylic acids is 3. The van der Waals surface area contributed by atoms with Crippen LogP contribution in [0.25, 0.3) is 0 Å². The fourth-order valence-corrected chi connectivity index (χ4v) is 5.87. The normalized spacial score (nSPS) is 32.7. The van der Waals surface area contributed by atoms with E-state index in [1.54, 1.807) is 24.3 Å². The van der Waals surface area contributed by atoms with Gasteiger partial charge in [0.15, 0.2) is 0 Å². The van der Waals surface area contributed by atoms with Crippen molar-refractivity contribution in [2.24, 2.45) is 23.7 Å². The van der Waals surface area contributed by atoms with Gasteiger partial charge in [-0.3, -0.25) is 19.3 Å². The summed E-state index contributed by atoms with van der Waals surface area (Å²) in [7, 11) is 0. The molecule has 2 aliphatic heterocycles. The Bertz CT molecular complexity index is 751. The van der Waals surface area contributed by atoms with E-state index in [0.717, 1.165) is 45.2 Å². The van der Waals surface area contributed by atoms with Crippen LogP contribution in [0, 0.1) is 23.7 Å². The second-order valence-corrected chi connectivity index (χ2v) is 8.65. The molecular formula is C22H26N2O3. The number of imide groups is 1. The van der Waals surface area contributed by atoms with Gasteiger partial charge in [0.25, 0.3) is 5.91 Å². The van der Waals surface area contributed by atoms with Crippen LogP contribution in [0.15, 0.2) is 24.3 Å². The van der Waals surface area contributed by atoms with Crippen molar-refractivity contribution >= 4 is 23.4 Å². The second kappa shape index (κ2) is 6.47. The number of benzene rings is 1. The van der Waals surface area contributed by atoms with E-state index in [1.807, 2.05) is 4.90 Å². The zero-order valence-electron chi connectivity index (χ0n) is 15.6. The average molecular weight is 366 g/mol. The predicted molar refractivity (Wildman–Crippen MR) is 101 cm³/mol. The molecule has 4 fully saturated rings. The number of anilines is 1. The molecule has 0 spiro atoms. The Hall–Kier alpha value is -2.17. The molecule has 5 nitrogen and oxygen atoms in total. The summed E-state index contributed by atoms with van der Waals surface area (Å²) >= 11 is 0. The lowest BCUT2D eigenvalue weighted by Crippen LogP contribution is -2.33. The van der Waals surface area contributed by atoms with Gasteiger partial charge in [0.2, 0.25) is 11.8 Å².